The van der Waals surface area contributed by atoms with Gasteiger partial charge in [0.05, 0.1) is 0 Å². The van der Waals surface area contributed by atoms with Gasteiger partial charge in [-0.15, -0.1) is 0 Å². The predicted molar refractivity (Wildman–Crippen MR) is 69.1 cm³/mol. The number of hydrogen-bond acceptors (Lipinski definition) is 2. The number of amides is 1. The molecule has 0 aromatic rings. The zero-order valence-corrected chi connectivity index (χ0v) is 11.8. The molecule has 0 aromatic carbocycles. The normalized spacial score (nSPS) is 16.8. The van der Waals surface area contributed by atoms with Crippen LogP contribution in [-0.2, 0) is 4.79 Å². The van der Waals surface area contributed by atoms with Crippen molar-refractivity contribution < 1.29 is 4.79 Å². The lowest BCUT2D eigenvalue weighted by Crippen LogP contribution is -2.45. The Morgan fingerprint density at radius 2 is 1.56 bits per heavy atom. The zero-order chi connectivity index (χ0) is 13.1. The van der Waals surface area contributed by atoms with Crippen molar-refractivity contribution in [3.63, 3.8) is 0 Å². The molecule has 0 rings (SSSR count). The molecule has 0 bridgehead atoms. The zero-order valence-electron chi connectivity index (χ0n) is 11.8. The van der Waals surface area contributed by atoms with Crippen molar-refractivity contribution in [2.45, 2.75) is 67.0 Å². The molecule has 2 unspecified atom stereocenters. The van der Waals surface area contributed by atoms with E-state index in [0.29, 0.717) is 6.42 Å². The van der Waals surface area contributed by atoms with Crippen LogP contribution in [0.2, 0.25) is 0 Å². The molecule has 3 nitrogen and oxygen atoms in total. The van der Waals surface area contributed by atoms with Crippen LogP contribution in [0.3, 0.4) is 0 Å². The van der Waals surface area contributed by atoms with Gasteiger partial charge in [-0.05, 0) is 17.8 Å². The minimum absolute atomic E-state index is 0.0255. The molecular formula is C13H28N2O. The van der Waals surface area contributed by atoms with Gasteiger partial charge in [-0.2, -0.15) is 0 Å². The summed E-state index contributed by atoms with van der Waals surface area (Å²) >= 11 is 0. The molecule has 0 radical (unpaired) electrons. The Bertz CT molecular complexity index is 211. The summed E-state index contributed by atoms with van der Waals surface area (Å²) in [6, 6.07) is 0.0619. The number of rotatable bonds is 3. The SMILES string of the molecule is CC(NC(=O)CC(N)C(C)(C)C)C(C)(C)C. The predicted octanol–water partition coefficient (Wildman–Crippen LogP) is 2.30. The van der Waals surface area contributed by atoms with Gasteiger partial charge in [0.25, 0.3) is 0 Å². The van der Waals surface area contributed by atoms with Crippen molar-refractivity contribution in [2.24, 2.45) is 16.6 Å². The fourth-order valence-corrected chi connectivity index (χ4v) is 1.02. The van der Waals surface area contributed by atoms with Gasteiger partial charge in [0.15, 0.2) is 0 Å². The molecule has 0 aliphatic heterocycles. The average Bonchev–Trinajstić information content (AvgIpc) is 1.99. The minimum Gasteiger partial charge on any atom is -0.353 e. The molecule has 0 aliphatic carbocycles. The van der Waals surface area contributed by atoms with E-state index >= 15 is 0 Å². The Labute approximate surface area is 100 Å². The van der Waals surface area contributed by atoms with Gasteiger partial charge in [0, 0.05) is 18.5 Å². The number of nitrogens with one attached hydrogen (secondary N) is 1. The fourth-order valence-electron chi connectivity index (χ4n) is 1.02. The van der Waals surface area contributed by atoms with E-state index in [2.05, 4.69) is 46.9 Å². The lowest BCUT2D eigenvalue weighted by molar-refractivity contribution is -0.123. The second-order valence-corrected chi connectivity index (χ2v) is 6.83. The first-order chi connectivity index (χ1) is 6.94. The highest BCUT2D eigenvalue weighted by atomic mass is 16.1. The number of carbonyl (C=O) groups is 1. The maximum absolute atomic E-state index is 11.8. The summed E-state index contributed by atoms with van der Waals surface area (Å²) in [5.41, 5.74) is 6.03. The van der Waals surface area contributed by atoms with E-state index in [1.807, 2.05) is 6.92 Å². The standard InChI is InChI=1S/C13H28N2O/c1-9(12(2,3)4)15-11(16)8-10(14)13(5,6)7/h9-10H,8,14H2,1-7H3,(H,15,16). The van der Waals surface area contributed by atoms with E-state index < -0.39 is 0 Å². The second kappa shape index (κ2) is 5.17. The van der Waals surface area contributed by atoms with Gasteiger partial charge in [-0.3, -0.25) is 4.79 Å². The van der Waals surface area contributed by atoms with Gasteiger partial charge in [0.2, 0.25) is 5.91 Å². The number of hydrogen-bond donors (Lipinski definition) is 2. The smallest absolute Gasteiger partial charge is 0.221 e. The third-order valence-corrected chi connectivity index (χ3v) is 3.19. The Kier molecular flexibility index (Phi) is 4.99. The first kappa shape index (κ1) is 15.4. The van der Waals surface area contributed by atoms with Crippen LogP contribution in [-0.4, -0.2) is 18.0 Å². The summed E-state index contributed by atoms with van der Waals surface area (Å²) in [6.07, 6.45) is 0.393. The van der Waals surface area contributed by atoms with Crippen LogP contribution in [0, 0.1) is 10.8 Å². The average molecular weight is 228 g/mol. The first-order valence-corrected chi connectivity index (χ1v) is 5.99. The van der Waals surface area contributed by atoms with Crippen molar-refractivity contribution in [2.75, 3.05) is 0 Å². The van der Waals surface area contributed by atoms with E-state index in [0.717, 1.165) is 0 Å². The number of nitrogens with two attached hydrogens (primary N) is 1. The second-order valence-electron chi connectivity index (χ2n) is 6.83. The molecule has 0 heterocycles. The molecule has 1 amide bonds. The highest BCUT2D eigenvalue weighted by Gasteiger charge is 2.26. The Morgan fingerprint density at radius 1 is 1.12 bits per heavy atom. The van der Waals surface area contributed by atoms with Crippen LogP contribution >= 0.6 is 0 Å². The molecule has 96 valence electrons. The Hall–Kier alpha value is -0.570. The maximum atomic E-state index is 11.8. The Morgan fingerprint density at radius 3 is 1.88 bits per heavy atom. The van der Waals surface area contributed by atoms with Gasteiger partial charge >= 0.3 is 0 Å². The largest absolute Gasteiger partial charge is 0.353 e. The minimum atomic E-state index is -0.0975. The summed E-state index contributed by atoms with van der Waals surface area (Å²) in [5, 5.41) is 3.00. The lowest BCUT2D eigenvalue weighted by atomic mass is 9.84. The summed E-state index contributed by atoms with van der Waals surface area (Å²) in [7, 11) is 0. The van der Waals surface area contributed by atoms with Crippen LogP contribution in [0.5, 0.6) is 0 Å². The summed E-state index contributed by atoms with van der Waals surface area (Å²) in [6.45, 7) is 14.5. The van der Waals surface area contributed by atoms with E-state index in [1.165, 1.54) is 0 Å². The van der Waals surface area contributed by atoms with Crippen LogP contribution in [0.4, 0.5) is 0 Å². The van der Waals surface area contributed by atoms with Gasteiger partial charge in [-0.25, -0.2) is 0 Å². The molecule has 0 saturated heterocycles. The molecule has 3 N–H and O–H groups in total. The molecule has 0 aliphatic rings. The topological polar surface area (TPSA) is 55.1 Å². The summed E-state index contributed by atoms with van der Waals surface area (Å²) < 4.78 is 0. The maximum Gasteiger partial charge on any atom is 0.221 e. The van der Waals surface area contributed by atoms with Gasteiger partial charge in [-0.1, -0.05) is 41.5 Å². The Balaban J connectivity index is 4.21. The van der Waals surface area contributed by atoms with Crippen LogP contribution < -0.4 is 11.1 Å². The van der Waals surface area contributed by atoms with Crippen LogP contribution in [0.25, 0.3) is 0 Å². The third-order valence-electron chi connectivity index (χ3n) is 3.19. The highest BCUT2D eigenvalue weighted by Crippen LogP contribution is 2.21. The van der Waals surface area contributed by atoms with Crippen molar-refractivity contribution in [3.05, 3.63) is 0 Å². The third kappa shape index (κ3) is 5.50. The molecule has 0 aromatic heterocycles. The molecule has 0 spiro atoms. The van der Waals surface area contributed by atoms with E-state index in [-0.39, 0.29) is 28.8 Å². The lowest BCUT2D eigenvalue weighted by Gasteiger charge is -2.30. The number of carbonyl (C=O) groups excluding carboxylic acids is 1. The summed E-state index contributed by atoms with van der Waals surface area (Å²) in [4.78, 5) is 11.8. The molecular weight excluding hydrogens is 200 g/mol. The van der Waals surface area contributed by atoms with E-state index in [9.17, 15) is 4.79 Å². The molecule has 0 fully saturated rings. The van der Waals surface area contributed by atoms with Crippen molar-refractivity contribution >= 4 is 5.91 Å². The summed E-state index contributed by atoms with van der Waals surface area (Å²) in [5.74, 6) is 0.0462. The van der Waals surface area contributed by atoms with Crippen LogP contribution in [0.15, 0.2) is 0 Å². The van der Waals surface area contributed by atoms with Gasteiger partial charge in [0.1, 0.15) is 0 Å². The van der Waals surface area contributed by atoms with Gasteiger partial charge < -0.3 is 11.1 Å². The van der Waals surface area contributed by atoms with Crippen molar-refractivity contribution in [1.29, 1.82) is 0 Å². The van der Waals surface area contributed by atoms with Crippen molar-refractivity contribution in [1.82, 2.24) is 5.32 Å². The molecule has 0 saturated carbocycles. The highest BCUT2D eigenvalue weighted by molar-refractivity contribution is 5.77. The quantitative estimate of drug-likeness (QED) is 0.778. The first-order valence-electron chi connectivity index (χ1n) is 5.99. The molecule has 3 heteroatoms. The molecule has 2 atom stereocenters. The fraction of sp³-hybridized carbons (Fsp3) is 0.923. The van der Waals surface area contributed by atoms with E-state index in [4.69, 9.17) is 5.73 Å². The van der Waals surface area contributed by atoms with E-state index in [1.54, 1.807) is 0 Å². The van der Waals surface area contributed by atoms with Crippen molar-refractivity contribution in [3.8, 4) is 0 Å². The monoisotopic (exact) mass is 228 g/mol. The molecule has 16 heavy (non-hydrogen) atoms. The van der Waals surface area contributed by atoms with Crippen LogP contribution in [0.1, 0.15) is 54.9 Å².